The van der Waals surface area contributed by atoms with E-state index in [1.54, 1.807) is 0 Å². The van der Waals surface area contributed by atoms with E-state index in [4.69, 9.17) is 0 Å². The van der Waals surface area contributed by atoms with Gasteiger partial charge in [-0.3, -0.25) is 19.3 Å². The summed E-state index contributed by atoms with van der Waals surface area (Å²) in [5.74, 6) is -1.10. The summed E-state index contributed by atoms with van der Waals surface area (Å²) < 4.78 is 0. The lowest BCUT2D eigenvalue weighted by atomic mass is 10.1. The summed E-state index contributed by atoms with van der Waals surface area (Å²) in [4.78, 5) is 53.0. The molecule has 27 heavy (non-hydrogen) atoms. The number of hydrogen-bond acceptors (Lipinski definition) is 4. The maximum Gasteiger partial charge on any atom is 0.327 e. The van der Waals surface area contributed by atoms with E-state index in [2.05, 4.69) is 5.32 Å². The lowest BCUT2D eigenvalue weighted by Gasteiger charge is -2.21. The number of para-hydroxylation sites is 1. The summed E-state index contributed by atoms with van der Waals surface area (Å²) in [5, 5.41) is 2.82. The molecule has 5 amide bonds. The number of anilines is 1. The number of fused-ring (bicyclic) bond motifs is 1. The Kier molecular flexibility index (Phi) is 5.16. The quantitative estimate of drug-likeness (QED) is 0.785. The van der Waals surface area contributed by atoms with Crippen LogP contribution in [0.15, 0.2) is 18.2 Å². The second-order valence-corrected chi connectivity index (χ2v) is 7.12. The Morgan fingerprint density at radius 1 is 1.22 bits per heavy atom. The molecule has 1 N–H and O–H groups in total. The number of likely N-dealkylation sites (N-methyl/N-ethyl adjacent to an activating group) is 1. The van der Waals surface area contributed by atoms with Crippen molar-refractivity contribution in [3.63, 3.8) is 0 Å². The number of nitrogens with zero attached hydrogens (tertiary/aromatic N) is 3. The first-order valence-corrected chi connectivity index (χ1v) is 9.01. The van der Waals surface area contributed by atoms with E-state index in [1.165, 1.54) is 16.8 Å². The van der Waals surface area contributed by atoms with E-state index in [0.29, 0.717) is 13.0 Å². The maximum atomic E-state index is 12.4. The Morgan fingerprint density at radius 3 is 2.52 bits per heavy atom. The van der Waals surface area contributed by atoms with Gasteiger partial charge in [0.05, 0.1) is 6.54 Å². The number of urea groups is 1. The predicted molar refractivity (Wildman–Crippen MR) is 99.0 cm³/mol. The van der Waals surface area contributed by atoms with Crippen molar-refractivity contribution in [2.75, 3.05) is 32.0 Å². The molecule has 0 unspecified atom stereocenters. The van der Waals surface area contributed by atoms with Crippen molar-refractivity contribution in [2.24, 2.45) is 0 Å². The largest absolute Gasteiger partial charge is 0.335 e. The lowest BCUT2D eigenvalue weighted by molar-refractivity contribution is -0.137. The van der Waals surface area contributed by atoms with E-state index in [9.17, 15) is 19.2 Å². The van der Waals surface area contributed by atoms with Crippen molar-refractivity contribution >= 4 is 29.4 Å². The predicted octanol–water partition coefficient (Wildman–Crippen LogP) is 1.13. The second kappa shape index (κ2) is 7.38. The normalized spacial score (nSPS) is 18.7. The Hall–Kier alpha value is -2.90. The van der Waals surface area contributed by atoms with Gasteiger partial charge in [0.15, 0.2) is 0 Å². The summed E-state index contributed by atoms with van der Waals surface area (Å²) in [6.07, 6.45) is 1.45. The summed E-state index contributed by atoms with van der Waals surface area (Å²) >= 11 is 0. The number of nitrogens with one attached hydrogen (secondary N) is 1. The van der Waals surface area contributed by atoms with E-state index in [-0.39, 0.29) is 24.9 Å². The molecule has 2 aliphatic heterocycles. The molecule has 2 aliphatic rings. The molecule has 8 nitrogen and oxygen atoms in total. The topological polar surface area (TPSA) is 90.0 Å². The molecule has 2 fully saturated rings. The van der Waals surface area contributed by atoms with Gasteiger partial charge in [0.1, 0.15) is 12.6 Å². The van der Waals surface area contributed by atoms with Crippen LogP contribution >= 0.6 is 0 Å². The zero-order chi connectivity index (χ0) is 19.7. The number of hydrogen-bond donors (Lipinski definition) is 1. The number of carbonyl (C=O) groups is 4. The van der Waals surface area contributed by atoms with E-state index >= 15 is 0 Å². The van der Waals surface area contributed by atoms with E-state index in [0.717, 1.165) is 28.1 Å². The standard InChI is InChI=1S/C19H24N4O4/c1-12-6-4-7-13(2)17(12)20-15(24)10-21(3)16(25)11-23-18(26)14-8-5-9-22(14)19(23)27/h4,6-7,14H,5,8-11H2,1-3H3,(H,20,24)/t14-/m0/s1. The lowest BCUT2D eigenvalue weighted by Crippen LogP contribution is -2.44. The number of carbonyl (C=O) groups excluding carboxylic acids is 4. The zero-order valence-corrected chi connectivity index (χ0v) is 15.8. The first-order chi connectivity index (χ1) is 12.8. The van der Waals surface area contributed by atoms with Crippen LogP contribution in [0.5, 0.6) is 0 Å². The molecular weight excluding hydrogens is 348 g/mol. The third-order valence-corrected chi connectivity index (χ3v) is 5.13. The smallest absolute Gasteiger partial charge is 0.327 e. The number of amides is 5. The van der Waals surface area contributed by atoms with Crippen LogP contribution in [0.25, 0.3) is 0 Å². The van der Waals surface area contributed by atoms with Gasteiger partial charge in [-0.05, 0) is 37.8 Å². The summed E-state index contributed by atoms with van der Waals surface area (Å²) in [6.45, 7) is 3.85. The van der Waals surface area contributed by atoms with Crippen LogP contribution in [0.4, 0.5) is 10.5 Å². The van der Waals surface area contributed by atoms with Gasteiger partial charge in [-0.2, -0.15) is 0 Å². The van der Waals surface area contributed by atoms with Crippen molar-refractivity contribution < 1.29 is 19.2 Å². The molecule has 0 saturated carbocycles. The fourth-order valence-electron chi connectivity index (χ4n) is 3.58. The second-order valence-electron chi connectivity index (χ2n) is 7.12. The third-order valence-electron chi connectivity index (χ3n) is 5.13. The van der Waals surface area contributed by atoms with Crippen LogP contribution in [0.2, 0.25) is 0 Å². The van der Waals surface area contributed by atoms with Crippen LogP contribution in [-0.2, 0) is 14.4 Å². The molecule has 1 atom stereocenters. The number of benzene rings is 1. The van der Waals surface area contributed by atoms with Crippen molar-refractivity contribution in [3.05, 3.63) is 29.3 Å². The first-order valence-electron chi connectivity index (χ1n) is 9.01. The highest BCUT2D eigenvalue weighted by molar-refractivity contribution is 6.07. The number of rotatable bonds is 5. The monoisotopic (exact) mass is 372 g/mol. The van der Waals surface area contributed by atoms with E-state index < -0.39 is 18.0 Å². The maximum absolute atomic E-state index is 12.4. The van der Waals surface area contributed by atoms with Crippen molar-refractivity contribution in [1.29, 1.82) is 0 Å². The molecule has 0 radical (unpaired) electrons. The average Bonchev–Trinajstić information content (AvgIpc) is 3.18. The number of aryl methyl sites for hydroxylation is 2. The fourth-order valence-corrected chi connectivity index (χ4v) is 3.58. The minimum atomic E-state index is -0.450. The van der Waals surface area contributed by atoms with E-state index in [1.807, 2.05) is 32.0 Å². The number of imide groups is 1. The molecule has 3 rings (SSSR count). The molecular formula is C19H24N4O4. The van der Waals surface area contributed by atoms with Crippen LogP contribution in [-0.4, -0.2) is 71.2 Å². The average molecular weight is 372 g/mol. The molecule has 1 aromatic carbocycles. The summed E-state index contributed by atoms with van der Waals surface area (Å²) in [6, 6.07) is 4.86. The van der Waals surface area contributed by atoms with Gasteiger partial charge in [0.25, 0.3) is 5.91 Å². The summed E-state index contributed by atoms with van der Waals surface area (Å²) in [5.41, 5.74) is 2.60. The van der Waals surface area contributed by atoms with Gasteiger partial charge >= 0.3 is 6.03 Å². The third kappa shape index (κ3) is 3.65. The molecule has 0 spiro atoms. The van der Waals surface area contributed by atoms with Gasteiger partial charge in [-0.1, -0.05) is 18.2 Å². The van der Waals surface area contributed by atoms with Gasteiger partial charge in [-0.25, -0.2) is 4.79 Å². The first kappa shape index (κ1) is 18.9. The van der Waals surface area contributed by atoms with Crippen LogP contribution < -0.4 is 5.32 Å². The Balaban J connectivity index is 1.57. The molecule has 1 aromatic rings. The highest BCUT2D eigenvalue weighted by atomic mass is 16.2. The molecule has 0 aliphatic carbocycles. The zero-order valence-electron chi connectivity index (χ0n) is 15.8. The van der Waals surface area contributed by atoms with Crippen molar-refractivity contribution in [3.8, 4) is 0 Å². The van der Waals surface area contributed by atoms with Gasteiger partial charge in [0, 0.05) is 19.3 Å². The highest BCUT2D eigenvalue weighted by Crippen LogP contribution is 2.27. The van der Waals surface area contributed by atoms with Gasteiger partial charge < -0.3 is 15.1 Å². The molecule has 0 bridgehead atoms. The Bertz CT molecular complexity index is 765. The SMILES string of the molecule is Cc1cccc(C)c1NC(=O)CN(C)C(=O)CN1C(=O)[C@@H]2CCCN2C1=O. The highest BCUT2D eigenvalue weighted by Gasteiger charge is 2.47. The molecule has 2 heterocycles. The summed E-state index contributed by atoms with van der Waals surface area (Å²) in [7, 11) is 1.48. The molecule has 8 heteroatoms. The minimum Gasteiger partial charge on any atom is -0.335 e. The fraction of sp³-hybridized carbons (Fsp3) is 0.474. The molecule has 2 saturated heterocycles. The Morgan fingerprint density at radius 2 is 1.89 bits per heavy atom. The van der Waals surface area contributed by atoms with Gasteiger partial charge in [0.2, 0.25) is 11.8 Å². The van der Waals surface area contributed by atoms with Gasteiger partial charge in [-0.15, -0.1) is 0 Å². The molecule has 144 valence electrons. The van der Waals surface area contributed by atoms with Crippen LogP contribution in [0.3, 0.4) is 0 Å². The minimum absolute atomic E-state index is 0.157. The van der Waals surface area contributed by atoms with Crippen molar-refractivity contribution in [2.45, 2.75) is 32.7 Å². The van der Waals surface area contributed by atoms with Crippen LogP contribution in [0, 0.1) is 13.8 Å². The van der Waals surface area contributed by atoms with Crippen LogP contribution in [0.1, 0.15) is 24.0 Å². The van der Waals surface area contributed by atoms with Crippen molar-refractivity contribution in [1.82, 2.24) is 14.7 Å². The Labute approximate surface area is 158 Å². The molecule has 0 aromatic heterocycles.